The van der Waals surface area contributed by atoms with E-state index in [1.54, 1.807) is 12.1 Å². The molecule has 1 atom stereocenters. The maximum atomic E-state index is 13.1. The van der Waals surface area contributed by atoms with Crippen molar-refractivity contribution in [1.82, 2.24) is 0 Å². The van der Waals surface area contributed by atoms with Gasteiger partial charge in [-0.1, -0.05) is 0 Å². The van der Waals surface area contributed by atoms with Crippen molar-refractivity contribution < 1.29 is 4.39 Å². The lowest BCUT2D eigenvalue weighted by Crippen LogP contribution is -2.19. The molecule has 1 nitrogen and oxygen atoms in total. The molecule has 0 fully saturated rings. The number of fused-ring (bicyclic) bond motifs is 1. The Morgan fingerprint density at radius 2 is 2.31 bits per heavy atom. The maximum absolute atomic E-state index is 13.1. The molecule has 1 unspecified atom stereocenters. The molecule has 3 heteroatoms. The third-order valence-corrected chi connectivity index (χ3v) is 3.50. The van der Waals surface area contributed by atoms with E-state index in [4.69, 9.17) is 5.73 Å². The first-order valence-electron chi connectivity index (χ1n) is 4.30. The van der Waals surface area contributed by atoms with Gasteiger partial charge < -0.3 is 5.73 Å². The summed E-state index contributed by atoms with van der Waals surface area (Å²) in [5.74, 6) is 1.70. The minimum absolute atomic E-state index is 0.00292. The van der Waals surface area contributed by atoms with Crippen LogP contribution in [0.2, 0.25) is 0 Å². The number of hydrogen-bond acceptors (Lipinski definition) is 2. The molecule has 0 saturated carbocycles. The van der Waals surface area contributed by atoms with Crippen molar-refractivity contribution in [2.45, 2.75) is 18.7 Å². The molecule has 0 bridgehead atoms. The Kier molecular flexibility index (Phi) is 2.30. The fraction of sp³-hybridized carbons (Fsp3) is 0.400. The van der Waals surface area contributed by atoms with Crippen molar-refractivity contribution >= 4 is 11.8 Å². The quantitative estimate of drug-likeness (QED) is 0.691. The summed E-state index contributed by atoms with van der Waals surface area (Å²) in [5.41, 5.74) is 9.15. The number of nitrogens with two attached hydrogens (primary N) is 1. The van der Waals surface area contributed by atoms with Crippen LogP contribution in [0.25, 0.3) is 0 Å². The van der Waals surface area contributed by atoms with Crippen molar-refractivity contribution in [2.75, 3.05) is 5.75 Å². The molecule has 13 heavy (non-hydrogen) atoms. The van der Waals surface area contributed by atoms with E-state index in [1.165, 1.54) is 5.56 Å². The van der Waals surface area contributed by atoms with Gasteiger partial charge in [0, 0.05) is 17.5 Å². The number of hydrogen-bond donors (Lipinski definition) is 1. The van der Waals surface area contributed by atoms with Crippen LogP contribution < -0.4 is 5.73 Å². The lowest BCUT2D eigenvalue weighted by Gasteiger charge is -2.23. The van der Waals surface area contributed by atoms with Gasteiger partial charge in [-0.15, -0.1) is 0 Å². The van der Waals surface area contributed by atoms with Gasteiger partial charge in [-0.25, -0.2) is 4.39 Å². The summed E-state index contributed by atoms with van der Waals surface area (Å²) >= 11 is 1.82. The lowest BCUT2D eigenvalue weighted by atomic mass is 9.98. The Labute approximate surface area is 81.5 Å². The summed E-state index contributed by atoms with van der Waals surface area (Å²) in [6, 6.07) is 3.16. The van der Waals surface area contributed by atoms with Crippen LogP contribution in [0.3, 0.4) is 0 Å². The highest BCUT2D eigenvalue weighted by atomic mass is 32.2. The molecule has 1 aromatic rings. The van der Waals surface area contributed by atoms with Crippen molar-refractivity contribution in [2.24, 2.45) is 5.73 Å². The molecule has 0 aliphatic carbocycles. The molecular weight excluding hydrogens is 185 g/mol. The zero-order chi connectivity index (χ0) is 9.42. The summed E-state index contributed by atoms with van der Waals surface area (Å²) in [5, 5.41) is 0. The molecule has 0 amide bonds. The van der Waals surface area contributed by atoms with E-state index < -0.39 is 0 Å². The number of aryl methyl sites for hydroxylation is 1. The van der Waals surface area contributed by atoms with Crippen molar-refractivity contribution in [3.8, 4) is 0 Å². The molecule has 1 aromatic carbocycles. The number of halogens is 1. The Morgan fingerprint density at radius 1 is 1.54 bits per heavy atom. The number of benzene rings is 1. The lowest BCUT2D eigenvalue weighted by molar-refractivity contribution is 0.619. The third kappa shape index (κ3) is 1.58. The average molecular weight is 197 g/mol. The van der Waals surface area contributed by atoms with Gasteiger partial charge in [0.15, 0.2) is 0 Å². The molecule has 2 rings (SSSR count). The minimum atomic E-state index is -0.168. The van der Waals surface area contributed by atoms with E-state index >= 15 is 0 Å². The summed E-state index contributed by atoms with van der Waals surface area (Å²) in [6.45, 7) is 1.94. The SMILES string of the molecule is Cc1cc(F)cc2c1CSCC2N. The zero-order valence-electron chi connectivity index (χ0n) is 7.51. The van der Waals surface area contributed by atoms with Gasteiger partial charge >= 0.3 is 0 Å². The van der Waals surface area contributed by atoms with Crippen molar-refractivity contribution in [3.63, 3.8) is 0 Å². The summed E-state index contributed by atoms with van der Waals surface area (Å²) < 4.78 is 13.1. The molecule has 2 N–H and O–H groups in total. The van der Waals surface area contributed by atoms with Gasteiger partial charge in [0.05, 0.1) is 0 Å². The van der Waals surface area contributed by atoms with E-state index in [0.717, 1.165) is 22.6 Å². The molecule has 0 saturated heterocycles. The fourth-order valence-electron chi connectivity index (χ4n) is 1.70. The first-order valence-corrected chi connectivity index (χ1v) is 5.46. The predicted molar refractivity (Wildman–Crippen MR) is 54.2 cm³/mol. The Hall–Kier alpha value is -0.540. The normalized spacial score (nSPS) is 21.3. The van der Waals surface area contributed by atoms with Crippen LogP contribution in [0, 0.1) is 12.7 Å². The molecule has 1 heterocycles. The van der Waals surface area contributed by atoms with Gasteiger partial charge in [-0.05, 0) is 35.7 Å². The van der Waals surface area contributed by atoms with E-state index in [-0.39, 0.29) is 11.9 Å². The Balaban J connectivity index is 2.56. The van der Waals surface area contributed by atoms with Crippen LogP contribution in [-0.4, -0.2) is 5.75 Å². The first kappa shape index (κ1) is 9.03. The van der Waals surface area contributed by atoms with Gasteiger partial charge in [-0.2, -0.15) is 11.8 Å². The van der Waals surface area contributed by atoms with Crippen LogP contribution in [0.1, 0.15) is 22.7 Å². The van der Waals surface area contributed by atoms with E-state index in [2.05, 4.69) is 0 Å². The van der Waals surface area contributed by atoms with Crippen molar-refractivity contribution in [1.29, 1.82) is 0 Å². The predicted octanol–water partition coefficient (Wildman–Crippen LogP) is 2.38. The highest BCUT2D eigenvalue weighted by Crippen LogP contribution is 2.32. The third-order valence-electron chi connectivity index (χ3n) is 2.42. The number of thioether (sulfide) groups is 1. The topological polar surface area (TPSA) is 26.0 Å². The van der Waals surface area contributed by atoms with E-state index in [9.17, 15) is 4.39 Å². The Bertz CT molecular complexity index is 338. The van der Waals surface area contributed by atoms with Crippen molar-refractivity contribution in [3.05, 3.63) is 34.6 Å². The standard InChI is InChI=1S/C10H12FNS/c1-6-2-7(11)3-8-9(6)4-13-5-10(8)12/h2-3,10H,4-5,12H2,1H3. The maximum Gasteiger partial charge on any atom is 0.123 e. The fourth-order valence-corrected chi connectivity index (χ4v) is 2.85. The van der Waals surface area contributed by atoms with Gasteiger partial charge in [-0.3, -0.25) is 0 Å². The second-order valence-electron chi connectivity index (χ2n) is 3.41. The number of rotatable bonds is 0. The average Bonchev–Trinajstić information content (AvgIpc) is 2.07. The molecule has 1 aliphatic rings. The van der Waals surface area contributed by atoms with Crippen LogP contribution in [0.5, 0.6) is 0 Å². The van der Waals surface area contributed by atoms with E-state index in [0.29, 0.717) is 0 Å². The summed E-state index contributed by atoms with van der Waals surface area (Å²) in [6.07, 6.45) is 0. The first-order chi connectivity index (χ1) is 6.18. The molecule has 0 spiro atoms. The van der Waals surface area contributed by atoms with Gasteiger partial charge in [0.25, 0.3) is 0 Å². The summed E-state index contributed by atoms with van der Waals surface area (Å²) in [7, 11) is 0. The highest BCUT2D eigenvalue weighted by molar-refractivity contribution is 7.98. The molecular formula is C10H12FNS. The smallest absolute Gasteiger partial charge is 0.123 e. The highest BCUT2D eigenvalue weighted by Gasteiger charge is 2.19. The molecule has 70 valence electrons. The summed E-state index contributed by atoms with van der Waals surface area (Å²) in [4.78, 5) is 0. The second kappa shape index (κ2) is 3.31. The Morgan fingerprint density at radius 3 is 3.08 bits per heavy atom. The van der Waals surface area contributed by atoms with Crippen LogP contribution in [-0.2, 0) is 5.75 Å². The molecule has 0 radical (unpaired) electrons. The second-order valence-corrected chi connectivity index (χ2v) is 4.44. The molecule has 1 aliphatic heterocycles. The monoisotopic (exact) mass is 197 g/mol. The van der Waals surface area contributed by atoms with E-state index in [1.807, 2.05) is 18.7 Å². The molecule has 0 aromatic heterocycles. The zero-order valence-corrected chi connectivity index (χ0v) is 8.33. The van der Waals surface area contributed by atoms with Crippen LogP contribution in [0.4, 0.5) is 4.39 Å². The largest absolute Gasteiger partial charge is 0.323 e. The van der Waals surface area contributed by atoms with Gasteiger partial charge in [0.1, 0.15) is 5.82 Å². The van der Waals surface area contributed by atoms with Crippen LogP contribution in [0.15, 0.2) is 12.1 Å². The van der Waals surface area contributed by atoms with Crippen LogP contribution >= 0.6 is 11.8 Å². The van der Waals surface area contributed by atoms with Gasteiger partial charge in [0.2, 0.25) is 0 Å². The minimum Gasteiger partial charge on any atom is -0.323 e.